The summed E-state index contributed by atoms with van der Waals surface area (Å²) in [5.41, 5.74) is 1.41. The van der Waals surface area contributed by atoms with E-state index in [0.717, 1.165) is 11.1 Å². The van der Waals surface area contributed by atoms with E-state index in [0.29, 0.717) is 18.4 Å². The van der Waals surface area contributed by atoms with E-state index < -0.39 is 41.6 Å². The molecule has 1 aliphatic carbocycles. The summed E-state index contributed by atoms with van der Waals surface area (Å²) >= 11 is 0. The Balaban J connectivity index is 2.01. The highest BCUT2D eigenvalue weighted by atomic mass is 16.6. The van der Waals surface area contributed by atoms with Crippen LogP contribution < -0.4 is 10.6 Å². The van der Waals surface area contributed by atoms with Crippen LogP contribution in [0.5, 0.6) is 0 Å². The van der Waals surface area contributed by atoms with Crippen LogP contribution in [0.25, 0.3) is 6.08 Å². The number of nitrogens with one attached hydrogen (secondary N) is 2. The lowest BCUT2D eigenvalue weighted by atomic mass is 9.98. The first-order valence-corrected chi connectivity index (χ1v) is 12.9. The van der Waals surface area contributed by atoms with E-state index in [-0.39, 0.29) is 19.0 Å². The highest BCUT2D eigenvalue weighted by molar-refractivity contribution is 5.93. The van der Waals surface area contributed by atoms with E-state index in [9.17, 15) is 19.2 Å². The lowest BCUT2D eigenvalue weighted by molar-refractivity contribution is -0.145. The molecule has 2 aromatic rings. The minimum Gasteiger partial charge on any atom is -0.468 e. The van der Waals surface area contributed by atoms with Crippen molar-refractivity contribution in [3.8, 4) is 0 Å². The third-order valence-electron chi connectivity index (χ3n) is 6.09. The number of carbonyl (C=O) groups excluding carboxylic acids is 4. The average molecular weight is 536 g/mol. The predicted octanol–water partition coefficient (Wildman–Crippen LogP) is 3.79. The van der Waals surface area contributed by atoms with Gasteiger partial charge in [0.1, 0.15) is 24.2 Å². The molecule has 2 unspecified atom stereocenters. The van der Waals surface area contributed by atoms with Gasteiger partial charge in [-0.3, -0.25) is 14.4 Å². The molecule has 0 heterocycles. The van der Waals surface area contributed by atoms with Crippen LogP contribution in [-0.4, -0.2) is 60.1 Å². The molecule has 0 spiro atoms. The van der Waals surface area contributed by atoms with Crippen molar-refractivity contribution < 1.29 is 28.7 Å². The van der Waals surface area contributed by atoms with Gasteiger partial charge in [-0.15, -0.1) is 0 Å². The van der Waals surface area contributed by atoms with Crippen LogP contribution in [0.2, 0.25) is 0 Å². The van der Waals surface area contributed by atoms with Gasteiger partial charge in [0.15, 0.2) is 0 Å². The van der Waals surface area contributed by atoms with Crippen LogP contribution in [0, 0.1) is 0 Å². The molecule has 3 rings (SSSR count). The van der Waals surface area contributed by atoms with Crippen LogP contribution in [0.4, 0.5) is 4.79 Å². The minimum atomic E-state index is -1.05. The topological polar surface area (TPSA) is 114 Å². The molecule has 0 aliphatic heterocycles. The van der Waals surface area contributed by atoms with Gasteiger partial charge in [0.25, 0.3) is 0 Å². The van der Waals surface area contributed by atoms with E-state index in [1.165, 1.54) is 12.0 Å². The largest absolute Gasteiger partial charge is 0.468 e. The zero-order valence-corrected chi connectivity index (χ0v) is 22.9. The zero-order valence-electron chi connectivity index (χ0n) is 22.9. The normalized spacial score (nSPS) is 14.4. The van der Waals surface area contributed by atoms with Gasteiger partial charge in [0.2, 0.25) is 11.8 Å². The molecular formula is C30H37N3O6. The number of nitrogens with zero attached hydrogens (tertiary/aromatic N) is 1. The summed E-state index contributed by atoms with van der Waals surface area (Å²) in [5, 5.41) is 5.34. The minimum absolute atomic E-state index is 0.200. The van der Waals surface area contributed by atoms with Gasteiger partial charge >= 0.3 is 12.1 Å². The summed E-state index contributed by atoms with van der Waals surface area (Å²) in [6.07, 6.45) is 2.54. The quantitative estimate of drug-likeness (QED) is 0.423. The molecular weight excluding hydrogens is 498 g/mol. The summed E-state index contributed by atoms with van der Waals surface area (Å²) in [6, 6.07) is 14.2. The number of methoxy groups -OCH3 is 1. The first-order chi connectivity index (χ1) is 18.5. The molecule has 9 nitrogen and oxygen atoms in total. The van der Waals surface area contributed by atoms with Gasteiger partial charge < -0.3 is 25.0 Å². The molecule has 2 atom stereocenters. The summed E-state index contributed by atoms with van der Waals surface area (Å²) in [4.78, 5) is 53.9. The lowest BCUT2D eigenvalue weighted by Crippen LogP contribution is -2.54. The van der Waals surface area contributed by atoms with Gasteiger partial charge in [0.05, 0.1) is 7.11 Å². The standard InChI is InChI=1S/C30H37N3O6/c1-6-20-13-10-14-22(17-20)26(27(35)31-19-25(34)38-5)33(23-15-16-23)28(36)24(18-21-11-8-7-9-12-21)32-29(37)39-30(2,3)4/h6-14,17,23-24,26H,1,15-16,18-19H2,2-5H3,(H,31,35)(H,32,37). The Morgan fingerprint density at radius 3 is 2.36 bits per heavy atom. The lowest BCUT2D eigenvalue weighted by Gasteiger charge is -2.35. The molecule has 2 aromatic carbocycles. The molecule has 1 aliphatic rings. The third kappa shape index (κ3) is 8.70. The summed E-state index contributed by atoms with van der Waals surface area (Å²) < 4.78 is 10.1. The molecule has 0 radical (unpaired) electrons. The number of ether oxygens (including phenoxy) is 2. The first kappa shape index (κ1) is 29.4. The second-order valence-corrected chi connectivity index (χ2v) is 10.4. The molecule has 208 valence electrons. The molecule has 2 N–H and O–H groups in total. The maximum absolute atomic E-state index is 14.3. The number of hydrogen-bond acceptors (Lipinski definition) is 6. The van der Waals surface area contributed by atoms with Crippen molar-refractivity contribution >= 4 is 30.0 Å². The predicted molar refractivity (Wildman–Crippen MR) is 147 cm³/mol. The molecule has 1 fully saturated rings. The molecule has 9 heteroatoms. The number of benzene rings is 2. The summed E-state index contributed by atoms with van der Waals surface area (Å²) in [5.74, 6) is -1.56. The van der Waals surface area contributed by atoms with Crippen molar-refractivity contribution in [2.45, 2.75) is 63.8 Å². The Bertz CT molecular complexity index is 1190. The van der Waals surface area contributed by atoms with E-state index in [1.807, 2.05) is 36.4 Å². The maximum atomic E-state index is 14.3. The number of rotatable bonds is 11. The van der Waals surface area contributed by atoms with Crippen LogP contribution in [0.1, 0.15) is 56.3 Å². The molecule has 0 bridgehead atoms. The third-order valence-corrected chi connectivity index (χ3v) is 6.09. The Morgan fingerprint density at radius 1 is 1.08 bits per heavy atom. The number of esters is 1. The Kier molecular flexibility index (Phi) is 9.87. The van der Waals surface area contributed by atoms with Crippen molar-refractivity contribution in [2.24, 2.45) is 0 Å². The van der Waals surface area contributed by atoms with Gasteiger partial charge in [-0.25, -0.2) is 4.79 Å². The molecule has 1 saturated carbocycles. The summed E-state index contributed by atoms with van der Waals surface area (Å²) in [7, 11) is 1.23. The second kappa shape index (κ2) is 13.1. The Labute approximate surface area is 229 Å². The van der Waals surface area contributed by atoms with Crippen LogP contribution >= 0.6 is 0 Å². The van der Waals surface area contributed by atoms with E-state index in [2.05, 4.69) is 21.9 Å². The van der Waals surface area contributed by atoms with Crippen molar-refractivity contribution in [1.82, 2.24) is 15.5 Å². The number of carbonyl (C=O) groups is 4. The monoisotopic (exact) mass is 535 g/mol. The number of hydrogen-bond donors (Lipinski definition) is 2. The molecule has 39 heavy (non-hydrogen) atoms. The Hall–Kier alpha value is -4.14. The smallest absolute Gasteiger partial charge is 0.408 e. The van der Waals surface area contributed by atoms with E-state index in [4.69, 9.17) is 4.74 Å². The van der Waals surface area contributed by atoms with Gasteiger partial charge in [0, 0.05) is 12.5 Å². The van der Waals surface area contributed by atoms with Gasteiger partial charge in [-0.05, 0) is 56.4 Å². The maximum Gasteiger partial charge on any atom is 0.408 e. The van der Waals surface area contributed by atoms with E-state index in [1.54, 1.807) is 45.0 Å². The van der Waals surface area contributed by atoms with Crippen molar-refractivity contribution in [3.63, 3.8) is 0 Å². The SMILES string of the molecule is C=Cc1cccc(C(C(=O)NCC(=O)OC)N(C(=O)C(Cc2ccccc2)NC(=O)OC(C)(C)C)C2CC2)c1. The fourth-order valence-corrected chi connectivity index (χ4v) is 4.17. The highest BCUT2D eigenvalue weighted by Gasteiger charge is 2.44. The average Bonchev–Trinajstić information content (AvgIpc) is 3.74. The van der Waals surface area contributed by atoms with Crippen LogP contribution in [0.3, 0.4) is 0 Å². The zero-order chi connectivity index (χ0) is 28.6. The molecule has 3 amide bonds. The van der Waals surface area contributed by atoms with Crippen LogP contribution in [-0.2, 0) is 30.3 Å². The van der Waals surface area contributed by atoms with Crippen molar-refractivity contribution in [1.29, 1.82) is 0 Å². The first-order valence-electron chi connectivity index (χ1n) is 12.9. The second-order valence-electron chi connectivity index (χ2n) is 10.4. The van der Waals surface area contributed by atoms with Gasteiger partial charge in [-0.2, -0.15) is 0 Å². The fourth-order valence-electron chi connectivity index (χ4n) is 4.17. The number of amides is 3. The number of alkyl carbamates (subject to hydrolysis) is 1. The van der Waals surface area contributed by atoms with Crippen LogP contribution in [0.15, 0.2) is 61.2 Å². The van der Waals surface area contributed by atoms with Gasteiger partial charge in [-0.1, -0.05) is 61.2 Å². The Morgan fingerprint density at radius 2 is 1.77 bits per heavy atom. The van der Waals surface area contributed by atoms with Crippen molar-refractivity contribution in [2.75, 3.05) is 13.7 Å². The van der Waals surface area contributed by atoms with E-state index >= 15 is 0 Å². The van der Waals surface area contributed by atoms with Crippen molar-refractivity contribution in [3.05, 3.63) is 77.9 Å². The highest BCUT2D eigenvalue weighted by Crippen LogP contribution is 2.36. The summed E-state index contributed by atoms with van der Waals surface area (Å²) in [6.45, 7) is 8.69. The molecule has 0 aromatic heterocycles. The fraction of sp³-hybridized carbons (Fsp3) is 0.400. The molecule has 0 saturated heterocycles.